The Morgan fingerprint density at radius 1 is 1.15 bits per heavy atom. The van der Waals surface area contributed by atoms with E-state index in [1.165, 1.54) is 12.1 Å². The summed E-state index contributed by atoms with van der Waals surface area (Å²) in [5.74, 6) is 0. The zero-order chi connectivity index (χ0) is 13.9. The maximum absolute atomic E-state index is 12.7. The summed E-state index contributed by atoms with van der Waals surface area (Å²) in [5, 5.41) is 1.000. The van der Waals surface area contributed by atoms with E-state index >= 15 is 0 Å². The minimum Gasteiger partial charge on any atom is -0.358 e. The molecule has 0 fully saturated rings. The molecule has 6 heteroatoms. The second-order valence-corrected chi connectivity index (χ2v) is 4.87. The number of alkyl halides is 3. The van der Waals surface area contributed by atoms with Crippen LogP contribution in [-0.2, 0) is 12.8 Å². The van der Waals surface area contributed by atoms with Gasteiger partial charge in [0.15, 0.2) is 0 Å². The number of aromatic amines is 1. The average molecular weight is 277 g/mol. The van der Waals surface area contributed by atoms with Gasteiger partial charge >= 0.3 is 6.18 Å². The summed E-state index contributed by atoms with van der Waals surface area (Å²) in [6.07, 6.45) is -0.554. The second kappa shape index (κ2) is 3.59. The second-order valence-electron chi connectivity index (χ2n) is 4.87. The van der Waals surface area contributed by atoms with Crippen LogP contribution >= 0.6 is 0 Å². The van der Waals surface area contributed by atoms with Crippen LogP contribution in [0.15, 0.2) is 36.5 Å². The summed E-state index contributed by atoms with van der Waals surface area (Å²) in [4.78, 5) is 4.94. The van der Waals surface area contributed by atoms with Crippen molar-refractivity contribution in [3.63, 3.8) is 0 Å². The van der Waals surface area contributed by atoms with Crippen LogP contribution < -0.4 is 10.2 Å². The molecule has 4 rings (SSSR count). The van der Waals surface area contributed by atoms with Crippen molar-refractivity contribution in [2.24, 2.45) is 0 Å². The fourth-order valence-electron chi connectivity index (χ4n) is 2.63. The van der Waals surface area contributed by atoms with E-state index in [1.807, 2.05) is 23.4 Å². The molecule has 0 spiro atoms. The standard InChI is InChI=1S/C14H10F3N3/c15-14(16,17)9-2-1-3-10(4-9)19-7-13-12-5-11(6-18-12)20(13)8-19/h1-7,18H,8H2. The number of aromatic nitrogens is 2. The van der Waals surface area contributed by atoms with E-state index < -0.39 is 11.7 Å². The molecule has 3 nitrogen and oxygen atoms in total. The topological polar surface area (TPSA) is 24.0 Å². The third kappa shape index (κ3) is 1.54. The van der Waals surface area contributed by atoms with Gasteiger partial charge in [0.2, 0.25) is 0 Å². The van der Waals surface area contributed by atoms with E-state index in [0.717, 1.165) is 22.4 Å². The smallest absolute Gasteiger partial charge is 0.358 e. The number of halogens is 3. The summed E-state index contributed by atoms with van der Waals surface area (Å²) in [7, 11) is 0. The Balaban J connectivity index is 1.76. The van der Waals surface area contributed by atoms with Crippen LogP contribution in [0.25, 0.3) is 17.2 Å². The Bertz CT molecular complexity index is 841. The lowest BCUT2D eigenvalue weighted by Crippen LogP contribution is -2.16. The Morgan fingerprint density at radius 3 is 2.75 bits per heavy atom. The molecular formula is C14H10F3N3. The summed E-state index contributed by atoms with van der Waals surface area (Å²) >= 11 is 0. The van der Waals surface area contributed by atoms with Crippen LogP contribution in [0.1, 0.15) is 5.56 Å². The minimum atomic E-state index is -4.31. The van der Waals surface area contributed by atoms with Gasteiger partial charge in [-0.2, -0.15) is 13.2 Å². The molecule has 0 saturated heterocycles. The van der Waals surface area contributed by atoms with Gasteiger partial charge in [-0.1, -0.05) is 6.07 Å². The Labute approximate surface area is 111 Å². The van der Waals surface area contributed by atoms with Crippen molar-refractivity contribution in [1.82, 2.24) is 9.55 Å². The lowest BCUT2D eigenvalue weighted by molar-refractivity contribution is -0.137. The van der Waals surface area contributed by atoms with Crippen LogP contribution in [0.3, 0.4) is 0 Å². The number of H-pyrrole nitrogens is 1. The summed E-state index contributed by atoms with van der Waals surface area (Å²) in [5.41, 5.74) is 1.96. The molecule has 0 unspecified atom stereocenters. The van der Waals surface area contributed by atoms with E-state index in [9.17, 15) is 13.2 Å². The molecule has 0 amide bonds. The van der Waals surface area contributed by atoms with Crippen LogP contribution in [0.2, 0.25) is 0 Å². The third-order valence-corrected chi connectivity index (χ3v) is 3.62. The molecule has 0 radical (unpaired) electrons. The van der Waals surface area contributed by atoms with Crippen molar-refractivity contribution in [3.05, 3.63) is 47.4 Å². The monoisotopic (exact) mass is 277 g/mol. The molecule has 1 aliphatic rings. The first-order chi connectivity index (χ1) is 9.52. The van der Waals surface area contributed by atoms with Gasteiger partial charge in [0.05, 0.1) is 28.6 Å². The number of rotatable bonds is 1. The van der Waals surface area contributed by atoms with E-state index in [1.54, 1.807) is 6.07 Å². The van der Waals surface area contributed by atoms with Crippen molar-refractivity contribution >= 4 is 22.9 Å². The van der Waals surface area contributed by atoms with Crippen molar-refractivity contribution in [3.8, 4) is 0 Å². The Morgan fingerprint density at radius 2 is 2.00 bits per heavy atom. The number of fused-ring (bicyclic) bond motifs is 5. The lowest BCUT2D eigenvalue weighted by atomic mass is 10.2. The SMILES string of the molecule is FC(F)(F)c1cccc(N2C=c3c4cc(c[nH]4)n3C2)c1. The third-order valence-electron chi connectivity index (χ3n) is 3.62. The molecule has 3 aromatic rings. The highest BCUT2D eigenvalue weighted by molar-refractivity contribution is 5.72. The summed E-state index contributed by atoms with van der Waals surface area (Å²) in [6, 6.07) is 7.41. The van der Waals surface area contributed by atoms with Gasteiger partial charge in [-0.15, -0.1) is 0 Å². The number of anilines is 1. The number of hydrogen-bond donors (Lipinski definition) is 1. The normalized spacial score (nSPS) is 14.8. The van der Waals surface area contributed by atoms with Crippen LogP contribution in [0.4, 0.5) is 18.9 Å². The molecule has 1 aliphatic heterocycles. The molecule has 0 saturated carbocycles. The van der Waals surface area contributed by atoms with E-state index in [0.29, 0.717) is 12.4 Å². The highest BCUT2D eigenvalue weighted by atomic mass is 19.4. The van der Waals surface area contributed by atoms with Crippen molar-refractivity contribution in [1.29, 1.82) is 0 Å². The fraction of sp³-hybridized carbons (Fsp3) is 0.143. The first kappa shape index (κ1) is 11.5. The Hall–Kier alpha value is -2.37. The molecule has 0 aliphatic carbocycles. The first-order valence-corrected chi connectivity index (χ1v) is 6.14. The molecule has 2 aromatic heterocycles. The average Bonchev–Trinajstić information content (AvgIpc) is 3.10. The zero-order valence-electron chi connectivity index (χ0n) is 10.3. The molecule has 2 bridgehead atoms. The number of hydrogen-bond acceptors (Lipinski definition) is 1. The van der Waals surface area contributed by atoms with Crippen molar-refractivity contribution < 1.29 is 13.2 Å². The van der Waals surface area contributed by atoms with E-state index in [4.69, 9.17) is 0 Å². The highest BCUT2D eigenvalue weighted by Crippen LogP contribution is 2.32. The van der Waals surface area contributed by atoms with Crippen LogP contribution in [0, 0.1) is 0 Å². The molecule has 20 heavy (non-hydrogen) atoms. The largest absolute Gasteiger partial charge is 0.416 e. The lowest BCUT2D eigenvalue weighted by Gasteiger charge is -2.18. The van der Waals surface area contributed by atoms with Gasteiger partial charge in [0.1, 0.15) is 0 Å². The molecule has 3 heterocycles. The van der Waals surface area contributed by atoms with Crippen molar-refractivity contribution in [2.75, 3.05) is 4.90 Å². The van der Waals surface area contributed by atoms with Gasteiger partial charge in [-0.3, -0.25) is 0 Å². The predicted molar refractivity (Wildman–Crippen MR) is 69.9 cm³/mol. The van der Waals surface area contributed by atoms with Gasteiger partial charge in [0, 0.05) is 18.1 Å². The molecule has 1 aromatic carbocycles. The molecular weight excluding hydrogens is 267 g/mol. The summed E-state index contributed by atoms with van der Waals surface area (Å²) in [6.45, 7) is 0.532. The maximum atomic E-state index is 12.7. The molecule has 102 valence electrons. The minimum absolute atomic E-state index is 0.532. The van der Waals surface area contributed by atoms with Gasteiger partial charge in [-0.25, -0.2) is 0 Å². The fourth-order valence-corrected chi connectivity index (χ4v) is 2.63. The van der Waals surface area contributed by atoms with E-state index in [2.05, 4.69) is 9.55 Å². The number of nitrogens with one attached hydrogen (secondary N) is 1. The zero-order valence-corrected chi connectivity index (χ0v) is 10.3. The van der Waals surface area contributed by atoms with Crippen molar-refractivity contribution in [2.45, 2.75) is 12.8 Å². The maximum Gasteiger partial charge on any atom is 0.416 e. The Kier molecular flexibility index (Phi) is 2.06. The summed E-state index contributed by atoms with van der Waals surface area (Å²) < 4.78 is 40.3. The number of benzene rings is 1. The van der Waals surface area contributed by atoms with E-state index in [-0.39, 0.29) is 0 Å². The van der Waals surface area contributed by atoms with Gasteiger partial charge in [-0.05, 0) is 24.3 Å². The van der Waals surface area contributed by atoms with Gasteiger partial charge in [0.25, 0.3) is 0 Å². The quantitative estimate of drug-likeness (QED) is 0.726. The molecule has 1 N–H and O–H groups in total. The highest BCUT2D eigenvalue weighted by Gasteiger charge is 2.31. The van der Waals surface area contributed by atoms with Crippen LogP contribution in [0.5, 0.6) is 0 Å². The number of nitrogens with zero attached hydrogens (tertiary/aromatic N) is 2. The van der Waals surface area contributed by atoms with Gasteiger partial charge < -0.3 is 14.5 Å². The molecule has 0 atom stereocenters. The van der Waals surface area contributed by atoms with Crippen LogP contribution in [-0.4, -0.2) is 9.55 Å². The first-order valence-electron chi connectivity index (χ1n) is 6.14. The predicted octanol–water partition coefficient (Wildman–Crippen LogP) is 2.92.